The molecule has 0 saturated carbocycles. The number of rotatable bonds is 6. The molecule has 0 fully saturated rings. The van der Waals surface area contributed by atoms with E-state index in [4.69, 9.17) is 15.0 Å². The predicted octanol–water partition coefficient (Wildman–Crippen LogP) is 13.7. The highest BCUT2D eigenvalue weighted by Crippen LogP contribution is 2.42. The summed E-state index contributed by atoms with van der Waals surface area (Å²) in [6, 6.07) is 68.7. The Morgan fingerprint density at radius 1 is 0.304 bits per heavy atom. The lowest BCUT2D eigenvalue weighted by Crippen LogP contribution is -2.01. The first-order chi connectivity index (χ1) is 27.7. The van der Waals surface area contributed by atoms with Crippen LogP contribution in [-0.4, -0.2) is 19.5 Å². The van der Waals surface area contributed by atoms with Crippen molar-refractivity contribution in [1.82, 2.24) is 19.5 Å². The van der Waals surface area contributed by atoms with Crippen molar-refractivity contribution in [1.29, 1.82) is 0 Å². The zero-order chi connectivity index (χ0) is 37.0. The lowest BCUT2D eigenvalue weighted by Gasteiger charge is -2.15. The molecule has 0 N–H and O–H groups in total. The van der Waals surface area contributed by atoms with Gasteiger partial charge in [-0.05, 0) is 64.7 Å². The van der Waals surface area contributed by atoms with E-state index >= 15 is 0 Å². The Hall–Kier alpha value is -7.21. The highest BCUT2D eigenvalue weighted by Gasteiger charge is 2.19. The monoisotopic (exact) mass is 732 g/mol. The Bertz CT molecular complexity index is 3160. The zero-order valence-corrected chi connectivity index (χ0v) is 31.0. The van der Waals surface area contributed by atoms with E-state index in [1.165, 1.54) is 47.6 Å². The fourth-order valence-corrected chi connectivity index (χ4v) is 9.05. The number of aromatic nitrogens is 4. The number of nitrogens with zero attached hydrogens (tertiary/aromatic N) is 4. The summed E-state index contributed by atoms with van der Waals surface area (Å²) in [7, 11) is 0. The number of fused-ring (bicyclic) bond motifs is 6. The van der Waals surface area contributed by atoms with Gasteiger partial charge in [0.1, 0.15) is 0 Å². The molecule has 0 radical (unpaired) electrons. The first-order valence-electron chi connectivity index (χ1n) is 18.8. The molecular weight excluding hydrogens is 701 g/mol. The Morgan fingerprint density at radius 2 is 0.804 bits per heavy atom. The van der Waals surface area contributed by atoms with Crippen molar-refractivity contribution in [3.8, 4) is 62.1 Å². The largest absolute Gasteiger partial charge is 0.309 e. The van der Waals surface area contributed by atoms with Crippen LogP contribution >= 0.6 is 11.3 Å². The first-order valence-corrected chi connectivity index (χ1v) is 19.6. The first kappa shape index (κ1) is 32.2. The van der Waals surface area contributed by atoms with Gasteiger partial charge in [0, 0.05) is 53.3 Å². The molecule has 4 nitrogen and oxygen atoms in total. The van der Waals surface area contributed by atoms with E-state index < -0.39 is 0 Å². The molecule has 8 aromatic carbocycles. The molecule has 11 rings (SSSR count). The highest BCUT2D eigenvalue weighted by molar-refractivity contribution is 7.25. The average Bonchev–Trinajstić information content (AvgIpc) is 3.81. The van der Waals surface area contributed by atoms with Crippen molar-refractivity contribution in [3.63, 3.8) is 0 Å². The molecule has 0 unspecified atom stereocenters. The average molecular weight is 733 g/mol. The molecule has 0 aliphatic rings. The third kappa shape index (κ3) is 5.56. The molecule has 0 amide bonds. The topological polar surface area (TPSA) is 43.6 Å². The van der Waals surface area contributed by atoms with Crippen molar-refractivity contribution in [2.75, 3.05) is 0 Å². The molecule has 262 valence electrons. The van der Waals surface area contributed by atoms with E-state index in [0.717, 1.165) is 39.0 Å². The molecule has 3 aromatic heterocycles. The standard InChI is InChI=1S/C51H32N4S/c1-4-14-33(15-5-1)34-24-26-35(27-25-34)38-28-39(51-53-49(36-16-6-2-7-17-36)52-50(54-51)37-18-8-3-9-19-37)30-40(29-38)55-45-22-12-10-20-41(45)43-31-44-42-21-11-13-23-47(42)56-48(44)32-46(43)55/h1-32H. The van der Waals surface area contributed by atoms with Gasteiger partial charge in [0.15, 0.2) is 17.5 Å². The van der Waals surface area contributed by atoms with Crippen LogP contribution in [0.2, 0.25) is 0 Å². The number of para-hydroxylation sites is 1. The summed E-state index contributed by atoms with van der Waals surface area (Å²) in [4.78, 5) is 15.3. The van der Waals surface area contributed by atoms with Gasteiger partial charge in [-0.2, -0.15) is 0 Å². The second-order valence-electron chi connectivity index (χ2n) is 14.1. The minimum absolute atomic E-state index is 0.620. The van der Waals surface area contributed by atoms with E-state index in [-0.39, 0.29) is 0 Å². The maximum Gasteiger partial charge on any atom is 0.164 e. The lowest BCUT2D eigenvalue weighted by molar-refractivity contribution is 1.07. The smallest absolute Gasteiger partial charge is 0.164 e. The Morgan fingerprint density at radius 3 is 1.46 bits per heavy atom. The van der Waals surface area contributed by atoms with Crippen molar-refractivity contribution in [2.45, 2.75) is 0 Å². The number of hydrogen-bond donors (Lipinski definition) is 0. The second kappa shape index (κ2) is 13.3. The third-order valence-corrected chi connectivity index (χ3v) is 11.8. The van der Waals surface area contributed by atoms with Crippen molar-refractivity contribution < 1.29 is 0 Å². The van der Waals surface area contributed by atoms with Crippen LogP contribution in [0.1, 0.15) is 0 Å². The van der Waals surface area contributed by atoms with E-state index in [0.29, 0.717) is 17.5 Å². The minimum atomic E-state index is 0.620. The molecule has 0 bridgehead atoms. The summed E-state index contributed by atoms with van der Waals surface area (Å²) >= 11 is 1.85. The van der Waals surface area contributed by atoms with Crippen LogP contribution < -0.4 is 0 Å². The van der Waals surface area contributed by atoms with Gasteiger partial charge in [-0.3, -0.25) is 0 Å². The van der Waals surface area contributed by atoms with Crippen LogP contribution in [-0.2, 0) is 0 Å². The zero-order valence-electron chi connectivity index (χ0n) is 30.2. The molecule has 11 aromatic rings. The second-order valence-corrected chi connectivity index (χ2v) is 15.2. The van der Waals surface area contributed by atoms with E-state index in [1.54, 1.807) is 0 Å². The van der Waals surface area contributed by atoms with Crippen molar-refractivity contribution in [3.05, 3.63) is 194 Å². The van der Waals surface area contributed by atoms with Crippen LogP contribution in [0.5, 0.6) is 0 Å². The lowest BCUT2D eigenvalue weighted by atomic mass is 9.98. The molecule has 56 heavy (non-hydrogen) atoms. The molecule has 0 aliphatic heterocycles. The summed E-state index contributed by atoms with van der Waals surface area (Å²) in [6.45, 7) is 0. The quantitative estimate of drug-likeness (QED) is 0.171. The maximum absolute atomic E-state index is 5.17. The number of thiophene rings is 1. The Balaban J connectivity index is 1.18. The van der Waals surface area contributed by atoms with Crippen LogP contribution in [0.3, 0.4) is 0 Å². The van der Waals surface area contributed by atoms with E-state index in [2.05, 4.69) is 162 Å². The molecule has 0 aliphatic carbocycles. The minimum Gasteiger partial charge on any atom is -0.309 e. The van der Waals surface area contributed by atoms with Gasteiger partial charge >= 0.3 is 0 Å². The van der Waals surface area contributed by atoms with Gasteiger partial charge in [0.05, 0.1) is 11.0 Å². The summed E-state index contributed by atoms with van der Waals surface area (Å²) < 4.78 is 4.98. The fourth-order valence-electron chi connectivity index (χ4n) is 7.93. The predicted molar refractivity (Wildman–Crippen MR) is 234 cm³/mol. The van der Waals surface area contributed by atoms with Gasteiger partial charge in [0.25, 0.3) is 0 Å². The van der Waals surface area contributed by atoms with Crippen LogP contribution in [0.4, 0.5) is 0 Å². The summed E-state index contributed by atoms with van der Waals surface area (Å²) in [5.74, 6) is 1.89. The fraction of sp³-hybridized carbons (Fsp3) is 0. The van der Waals surface area contributed by atoms with Gasteiger partial charge < -0.3 is 4.57 Å². The summed E-state index contributed by atoms with van der Waals surface area (Å²) in [6.07, 6.45) is 0. The van der Waals surface area contributed by atoms with Gasteiger partial charge in [-0.25, -0.2) is 15.0 Å². The number of benzene rings is 8. The van der Waals surface area contributed by atoms with Crippen molar-refractivity contribution in [2.24, 2.45) is 0 Å². The number of hydrogen-bond acceptors (Lipinski definition) is 4. The van der Waals surface area contributed by atoms with Gasteiger partial charge in [-0.1, -0.05) is 152 Å². The molecular formula is C51H32N4S. The molecule has 3 heterocycles. The Labute approximate surface area is 327 Å². The van der Waals surface area contributed by atoms with Crippen LogP contribution in [0, 0.1) is 0 Å². The Kier molecular flexibility index (Phi) is 7.64. The van der Waals surface area contributed by atoms with Crippen LogP contribution in [0.15, 0.2) is 194 Å². The molecule has 0 atom stereocenters. The van der Waals surface area contributed by atoms with Crippen LogP contribution in [0.25, 0.3) is 104 Å². The van der Waals surface area contributed by atoms with E-state index in [1.807, 2.05) is 47.7 Å². The maximum atomic E-state index is 5.17. The van der Waals surface area contributed by atoms with Crippen molar-refractivity contribution >= 4 is 53.3 Å². The SMILES string of the molecule is c1ccc(-c2ccc(-c3cc(-c4nc(-c5ccccc5)nc(-c5ccccc5)n4)cc(-n4c5ccccc5c5cc6c(cc54)sc4ccccc46)c3)cc2)cc1. The molecule has 0 spiro atoms. The van der Waals surface area contributed by atoms with Gasteiger partial charge in [-0.15, -0.1) is 11.3 Å². The summed E-state index contributed by atoms with van der Waals surface area (Å²) in [5, 5.41) is 5.04. The third-order valence-electron chi connectivity index (χ3n) is 10.6. The summed E-state index contributed by atoms with van der Waals surface area (Å²) in [5.41, 5.74) is 10.7. The molecule has 5 heteroatoms. The normalized spacial score (nSPS) is 11.6. The van der Waals surface area contributed by atoms with Gasteiger partial charge in [0.2, 0.25) is 0 Å². The molecule has 0 saturated heterocycles. The van der Waals surface area contributed by atoms with E-state index in [9.17, 15) is 0 Å². The highest BCUT2D eigenvalue weighted by atomic mass is 32.1.